The van der Waals surface area contributed by atoms with E-state index in [1.54, 1.807) is 24.3 Å². The van der Waals surface area contributed by atoms with Gasteiger partial charge in [-0.3, -0.25) is 10.1 Å². The largest absolute Gasteiger partial charge is 0.490 e. The molecule has 0 fully saturated rings. The number of aromatic nitrogens is 2. The fourth-order valence-electron chi connectivity index (χ4n) is 3.15. The second kappa shape index (κ2) is 11.0. The molecule has 3 rings (SSSR count). The van der Waals surface area contributed by atoms with Gasteiger partial charge in [0, 0.05) is 5.56 Å². The highest BCUT2D eigenvalue weighted by molar-refractivity contribution is 7.91. The number of anilines is 1. The van der Waals surface area contributed by atoms with Gasteiger partial charge in [-0.25, -0.2) is 8.42 Å². The van der Waals surface area contributed by atoms with Crippen molar-refractivity contribution in [2.75, 3.05) is 30.9 Å². The topological polar surface area (TPSA) is 130 Å². The maximum absolute atomic E-state index is 12.8. The Morgan fingerprint density at radius 2 is 1.56 bits per heavy atom. The first-order valence-electron chi connectivity index (χ1n) is 10.9. The van der Waals surface area contributed by atoms with E-state index < -0.39 is 15.7 Å². The van der Waals surface area contributed by atoms with E-state index in [9.17, 15) is 13.2 Å². The van der Waals surface area contributed by atoms with Crippen molar-refractivity contribution < 1.29 is 31.8 Å². The summed E-state index contributed by atoms with van der Waals surface area (Å²) in [6.45, 7) is 8.29. The van der Waals surface area contributed by atoms with Crippen molar-refractivity contribution >= 4 is 21.8 Å². The molecule has 10 nitrogen and oxygen atoms in total. The van der Waals surface area contributed by atoms with Gasteiger partial charge in [0.1, 0.15) is 0 Å². The molecule has 1 heterocycles. The number of rotatable bonds is 11. The quantitative estimate of drug-likeness (QED) is 0.425. The van der Waals surface area contributed by atoms with Crippen molar-refractivity contribution in [3.63, 3.8) is 0 Å². The Balaban J connectivity index is 1.92. The van der Waals surface area contributed by atoms with E-state index in [1.165, 1.54) is 19.1 Å². The van der Waals surface area contributed by atoms with Crippen LogP contribution in [0.1, 0.15) is 38.1 Å². The van der Waals surface area contributed by atoms with Gasteiger partial charge < -0.3 is 18.6 Å². The summed E-state index contributed by atoms with van der Waals surface area (Å²) < 4.78 is 47.4. The summed E-state index contributed by atoms with van der Waals surface area (Å²) in [5.41, 5.74) is 0.486. The maximum atomic E-state index is 12.8. The predicted octanol–water partition coefficient (Wildman–Crippen LogP) is 3.98. The summed E-state index contributed by atoms with van der Waals surface area (Å²) in [6.07, 6.45) is 0. The second-order valence-corrected chi connectivity index (χ2v) is 9.11. The highest BCUT2D eigenvalue weighted by Crippen LogP contribution is 2.41. The Labute approximate surface area is 198 Å². The van der Waals surface area contributed by atoms with E-state index >= 15 is 0 Å². The third kappa shape index (κ3) is 5.48. The van der Waals surface area contributed by atoms with Crippen molar-refractivity contribution in [3.05, 3.63) is 42.0 Å². The van der Waals surface area contributed by atoms with Gasteiger partial charge in [-0.1, -0.05) is 24.2 Å². The highest BCUT2D eigenvalue weighted by Gasteiger charge is 2.23. The zero-order chi connectivity index (χ0) is 24.7. The summed E-state index contributed by atoms with van der Waals surface area (Å²) in [4.78, 5) is 12.7. The molecule has 1 amide bonds. The van der Waals surface area contributed by atoms with Crippen LogP contribution in [-0.4, -0.2) is 50.1 Å². The number of carbonyl (C=O) groups excluding carboxylic acids is 1. The minimum atomic E-state index is -3.60. The number of nitrogens with zero attached hydrogens (tertiary/aromatic N) is 2. The van der Waals surface area contributed by atoms with Crippen LogP contribution in [-0.2, 0) is 9.84 Å². The number of carbonyl (C=O) groups is 1. The van der Waals surface area contributed by atoms with Crippen LogP contribution in [0.5, 0.6) is 17.2 Å². The molecule has 0 saturated carbocycles. The van der Waals surface area contributed by atoms with Crippen molar-refractivity contribution in [1.29, 1.82) is 0 Å². The average molecular weight is 490 g/mol. The van der Waals surface area contributed by atoms with Gasteiger partial charge in [-0.2, -0.15) is 0 Å². The standard InChI is InChI=1S/C23H27N3O7S/c1-5-30-17-13-15(14-18(31-6-2)20(17)32-7-3)22-25-26-23(33-22)24-21(27)16-11-9-10-12-19(16)34(28,29)8-4/h9-14H,5-8H2,1-4H3,(H,24,26,27). The molecule has 0 bridgehead atoms. The Morgan fingerprint density at radius 1 is 0.941 bits per heavy atom. The van der Waals surface area contributed by atoms with Crippen LogP contribution in [0.15, 0.2) is 45.7 Å². The van der Waals surface area contributed by atoms with Crippen LogP contribution in [0, 0.1) is 0 Å². The smallest absolute Gasteiger partial charge is 0.322 e. The second-order valence-electron chi connectivity index (χ2n) is 6.87. The fourth-order valence-corrected chi connectivity index (χ4v) is 4.24. The summed E-state index contributed by atoms with van der Waals surface area (Å²) in [5, 5.41) is 10.3. The van der Waals surface area contributed by atoms with Crippen LogP contribution in [0.3, 0.4) is 0 Å². The van der Waals surface area contributed by atoms with E-state index in [2.05, 4.69) is 15.5 Å². The van der Waals surface area contributed by atoms with Gasteiger partial charge >= 0.3 is 6.01 Å². The molecule has 0 unspecified atom stereocenters. The molecule has 1 aromatic heterocycles. The molecule has 2 aromatic carbocycles. The lowest BCUT2D eigenvalue weighted by molar-refractivity contribution is 0.102. The van der Waals surface area contributed by atoms with Crippen molar-refractivity contribution in [2.45, 2.75) is 32.6 Å². The van der Waals surface area contributed by atoms with Gasteiger partial charge in [0.15, 0.2) is 21.3 Å². The van der Waals surface area contributed by atoms with E-state index in [4.69, 9.17) is 18.6 Å². The Kier molecular flexibility index (Phi) is 8.11. The highest BCUT2D eigenvalue weighted by atomic mass is 32.2. The number of amides is 1. The normalized spacial score (nSPS) is 11.2. The molecule has 34 heavy (non-hydrogen) atoms. The third-order valence-electron chi connectivity index (χ3n) is 4.65. The van der Waals surface area contributed by atoms with Gasteiger partial charge in [0.25, 0.3) is 5.91 Å². The molecule has 0 radical (unpaired) electrons. The van der Waals surface area contributed by atoms with Crippen LogP contribution in [0.25, 0.3) is 11.5 Å². The molecule has 182 valence electrons. The molecule has 0 aliphatic rings. The van der Waals surface area contributed by atoms with Gasteiger partial charge in [0.2, 0.25) is 11.6 Å². The minimum Gasteiger partial charge on any atom is -0.490 e. The Morgan fingerprint density at radius 3 is 2.15 bits per heavy atom. The van der Waals surface area contributed by atoms with Crippen molar-refractivity contribution in [1.82, 2.24) is 10.2 Å². The number of hydrogen-bond acceptors (Lipinski definition) is 9. The molecule has 3 aromatic rings. The number of hydrogen-bond donors (Lipinski definition) is 1. The maximum Gasteiger partial charge on any atom is 0.322 e. The summed E-state index contributed by atoms with van der Waals surface area (Å²) in [7, 11) is -3.60. The minimum absolute atomic E-state index is 0.0116. The van der Waals surface area contributed by atoms with Crippen LogP contribution in [0.2, 0.25) is 0 Å². The molecule has 0 spiro atoms. The molecule has 0 aliphatic heterocycles. The average Bonchev–Trinajstić information content (AvgIpc) is 3.29. The molecular weight excluding hydrogens is 462 g/mol. The van der Waals surface area contributed by atoms with E-state index in [-0.39, 0.29) is 28.1 Å². The van der Waals surface area contributed by atoms with Gasteiger partial charge in [-0.05, 0) is 45.0 Å². The van der Waals surface area contributed by atoms with Crippen molar-refractivity contribution in [3.8, 4) is 28.7 Å². The molecule has 0 aliphatic carbocycles. The molecule has 1 N–H and O–H groups in total. The van der Waals surface area contributed by atoms with Crippen LogP contribution >= 0.6 is 0 Å². The number of sulfone groups is 1. The lowest BCUT2D eigenvalue weighted by atomic mass is 10.2. The molecule has 0 saturated heterocycles. The zero-order valence-corrected chi connectivity index (χ0v) is 20.3. The lowest BCUT2D eigenvalue weighted by Gasteiger charge is -2.16. The van der Waals surface area contributed by atoms with Gasteiger partial charge in [0.05, 0.1) is 36.0 Å². The summed E-state index contributed by atoms with van der Waals surface area (Å²) >= 11 is 0. The van der Waals surface area contributed by atoms with Crippen LogP contribution < -0.4 is 19.5 Å². The van der Waals surface area contributed by atoms with E-state index in [0.717, 1.165) is 0 Å². The summed E-state index contributed by atoms with van der Waals surface area (Å²) in [5.74, 6) is 0.663. The fraction of sp³-hybridized carbons (Fsp3) is 0.348. The number of benzene rings is 2. The van der Waals surface area contributed by atoms with Gasteiger partial charge in [-0.15, -0.1) is 5.10 Å². The first kappa shape index (κ1) is 25.0. The molecular formula is C23H27N3O7S. The zero-order valence-electron chi connectivity index (χ0n) is 19.5. The van der Waals surface area contributed by atoms with Crippen molar-refractivity contribution in [2.24, 2.45) is 0 Å². The van der Waals surface area contributed by atoms with E-state index in [0.29, 0.717) is 42.6 Å². The lowest BCUT2D eigenvalue weighted by Crippen LogP contribution is -2.17. The molecule has 11 heteroatoms. The monoisotopic (exact) mass is 489 g/mol. The third-order valence-corrected chi connectivity index (χ3v) is 6.43. The first-order valence-corrected chi connectivity index (χ1v) is 12.5. The Hall–Kier alpha value is -3.60. The van der Waals surface area contributed by atoms with Crippen LogP contribution in [0.4, 0.5) is 6.01 Å². The predicted molar refractivity (Wildman–Crippen MR) is 125 cm³/mol. The van der Waals surface area contributed by atoms with E-state index in [1.807, 2.05) is 20.8 Å². The SMILES string of the molecule is CCOc1cc(-c2nnc(NC(=O)c3ccccc3S(=O)(=O)CC)o2)cc(OCC)c1OCC. The first-order chi connectivity index (χ1) is 16.3. The Bertz CT molecular complexity index is 1230. The summed E-state index contributed by atoms with van der Waals surface area (Å²) in [6, 6.07) is 9.11. The number of nitrogens with one attached hydrogen (secondary N) is 1. The molecule has 0 atom stereocenters. The number of ether oxygens (including phenoxy) is 3.